The molecule has 1 saturated heterocycles. The van der Waals surface area contributed by atoms with Gasteiger partial charge in [0.2, 0.25) is 10.0 Å². The van der Waals surface area contributed by atoms with Crippen molar-refractivity contribution in [3.05, 3.63) is 89.7 Å². The number of rotatable bonds is 6. The minimum absolute atomic E-state index is 0.0799. The fourth-order valence-electron chi connectivity index (χ4n) is 4.46. The van der Waals surface area contributed by atoms with Crippen LogP contribution in [0.1, 0.15) is 47.0 Å². The van der Waals surface area contributed by atoms with E-state index in [1.165, 1.54) is 0 Å². The number of sulfonamides is 1. The zero-order chi connectivity index (χ0) is 22.8. The number of carbonyl (C=O) groups excluding carboxylic acids is 1. The molecule has 1 aromatic heterocycles. The SMILES string of the molecule is O=C1c2cccnc2[C@@H](Nc2ccc(S(=O)(=O)N3CCCCC3)cc2)N1Cc1ccccc1. The van der Waals surface area contributed by atoms with Gasteiger partial charge in [-0.3, -0.25) is 9.78 Å². The number of nitrogens with one attached hydrogen (secondary N) is 1. The molecule has 0 bridgehead atoms. The Morgan fingerprint density at radius 2 is 1.64 bits per heavy atom. The Labute approximate surface area is 194 Å². The highest BCUT2D eigenvalue weighted by Gasteiger charge is 2.38. The standard InChI is InChI=1S/C25H26N4O3S/c30-25-22-10-7-15-26-23(22)24(29(25)18-19-8-3-1-4-9-19)27-20-11-13-21(14-12-20)33(31,32)28-16-5-2-6-17-28/h1,3-4,7-15,24,27H,2,5-6,16-18H2/t24-/m0/s1. The van der Waals surface area contributed by atoms with Crippen LogP contribution in [0, 0.1) is 0 Å². The zero-order valence-electron chi connectivity index (χ0n) is 18.2. The molecule has 1 N–H and O–H groups in total. The number of carbonyl (C=O) groups is 1. The largest absolute Gasteiger partial charge is 0.360 e. The highest BCUT2D eigenvalue weighted by atomic mass is 32.2. The fraction of sp³-hybridized carbons (Fsp3) is 0.280. The van der Waals surface area contributed by atoms with Gasteiger partial charge >= 0.3 is 0 Å². The Hall–Kier alpha value is -3.23. The quantitative estimate of drug-likeness (QED) is 0.598. The lowest BCUT2D eigenvalue weighted by molar-refractivity contribution is 0.0727. The molecule has 1 atom stereocenters. The molecule has 170 valence electrons. The van der Waals surface area contributed by atoms with Crippen molar-refractivity contribution in [3.63, 3.8) is 0 Å². The molecular weight excluding hydrogens is 436 g/mol. The predicted octanol–water partition coefficient (Wildman–Crippen LogP) is 4.02. The number of fused-ring (bicyclic) bond motifs is 1. The molecular formula is C25H26N4O3S. The average molecular weight is 463 g/mol. The van der Waals surface area contributed by atoms with Crippen molar-refractivity contribution < 1.29 is 13.2 Å². The van der Waals surface area contributed by atoms with Gasteiger partial charge in [-0.15, -0.1) is 0 Å². The molecule has 0 spiro atoms. The maximum atomic E-state index is 13.1. The molecule has 2 aromatic carbocycles. The summed E-state index contributed by atoms with van der Waals surface area (Å²) < 4.78 is 27.5. The van der Waals surface area contributed by atoms with Crippen LogP contribution in [0.3, 0.4) is 0 Å². The predicted molar refractivity (Wildman–Crippen MR) is 126 cm³/mol. The number of hydrogen-bond acceptors (Lipinski definition) is 5. The van der Waals surface area contributed by atoms with E-state index in [9.17, 15) is 13.2 Å². The van der Waals surface area contributed by atoms with Crippen LogP contribution in [0.4, 0.5) is 5.69 Å². The van der Waals surface area contributed by atoms with Gasteiger partial charge in [0.25, 0.3) is 5.91 Å². The first-order valence-corrected chi connectivity index (χ1v) is 12.6. The third kappa shape index (κ3) is 4.24. The minimum Gasteiger partial charge on any atom is -0.360 e. The summed E-state index contributed by atoms with van der Waals surface area (Å²) in [5.41, 5.74) is 2.99. The summed E-state index contributed by atoms with van der Waals surface area (Å²) in [5.74, 6) is -0.0799. The number of nitrogens with zero attached hydrogens (tertiary/aromatic N) is 3. The smallest absolute Gasteiger partial charge is 0.258 e. The summed E-state index contributed by atoms with van der Waals surface area (Å²) in [6.07, 6.45) is 4.11. The lowest BCUT2D eigenvalue weighted by atomic mass is 10.2. The summed E-state index contributed by atoms with van der Waals surface area (Å²) in [5, 5.41) is 3.39. The van der Waals surface area contributed by atoms with Crippen LogP contribution in [-0.4, -0.2) is 41.6 Å². The minimum atomic E-state index is -3.49. The maximum Gasteiger partial charge on any atom is 0.258 e. The van der Waals surface area contributed by atoms with Crippen LogP contribution < -0.4 is 5.32 Å². The number of anilines is 1. The van der Waals surface area contributed by atoms with Gasteiger partial charge in [0.05, 0.1) is 16.2 Å². The molecule has 2 aliphatic heterocycles. The molecule has 3 heterocycles. The second-order valence-electron chi connectivity index (χ2n) is 8.39. The van der Waals surface area contributed by atoms with Crippen molar-refractivity contribution in [2.24, 2.45) is 0 Å². The summed E-state index contributed by atoms with van der Waals surface area (Å²) in [7, 11) is -3.49. The van der Waals surface area contributed by atoms with Crippen LogP contribution >= 0.6 is 0 Å². The highest BCUT2D eigenvalue weighted by molar-refractivity contribution is 7.89. The van der Waals surface area contributed by atoms with Crippen LogP contribution in [0.2, 0.25) is 0 Å². The molecule has 2 aliphatic rings. The number of benzene rings is 2. The van der Waals surface area contributed by atoms with E-state index < -0.39 is 16.2 Å². The summed E-state index contributed by atoms with van der Waals surface area (Å²) in [6.45, 7) is 1.59. The van der Waals surface area contributed by atoms with Crippen LogP contribution in [0.25, 0.3) is 0 Å². The normalized spacial score (nSPS) is 18.8. The first kappa shape index (κ1) is 21.6. The van der Waals surface area contributed by atoms with E-state index >= 15 is 0 Å². The highest BCUT2D eigenvalue weighted by Crippen LogP contribution is 2.34. The van der Waals surface area contributed by atoms with E-state index in [0.29, 0.717) is 30.9 Å². The maximum absolute atomic E-state index is 13.1. The van der Waals surface area contributed by atoms with Gasteiger partial charge in [0.1, 0.15) is 6.17 Å². The summed E-state index contributed by atoms with van der Waals surface area (Å²) >= 11 is 0. The molecule has 3 aromatic rings. The van der Waals surface area contributed by atoms with Gasteiger partial charge in [0, 0.05) is 31.5 Å². The number of piperidine rings is 1. The van der Waals surface area contributed by atoms with E-state index in [0.717, 1.165) is 30.5 Å². The Balaban J connectivity index is 1.40. The van der Waals surface area contributed by atoms with E-state index in [2.05, 4.69) is 10.3 Å². The average Bonchev–Trinajstić information content (AvgIpc) is 3.12. The third-order valence-corrected chi connectivity index (χ3v) is 8.12. The molecule has 8 heteroatoms. The number of pyridine rings is 1. The molecule has 0 aliphatic carbocycles. The number of amides is 1. The first-order valence-electron chi connectivity index (χ1n) is 11.2. The number of hydrogen-bond donors (Lipinski definition) is 1. The molecule has 0 radical (unpaired) electrons. The van der Waals surface area contributed by atoms with Crippen LogP contribution in [0.5, 0.6) is 0 Å². The van der Waals surface area contributed by atoms with E-state index in [4.69, 9.17) is 0 Å². The fourth-order valence-corrected chi connectivity index (χ4v) is 5.98. The second kappa shape index (κ2) is 8.96. The molecule has 1 fully saturated rings. The van der Waals surface area contributed by atoms with Crippen molar-refractivity contribution in [1.29, 1.82) is 0 Å². The van der Waals surface area contributed by atoms with Crippen molar-refractivity contribution in [2.45, 2.75) is 36.9 Å². The Morgan fingerprint density at radius 3 is 2.36 bits per heavy atom. The Bertz CT molecular complexity index is 1240. The molecule has 5 rings (SSSR count). The topological polar surface area (TPSA) is 82.6 Å². The zero-order valence-corrected chi connectivity index (χ0v) is 19.0. The van der Waals surface area contributed by atoms with Gasteiger partial charge in [0.15, 0.2) is 0 Å². The monoisotopic (exact) mass is 462 g/mol. The van der Waals surface area contributed by atoms with E-state index in [1.54, 1.807) is 51.8 Å². The van der Waals surface area contributed by atoms with E-state index in [-0.39, 0.29) is 10.8 Å². The van der Waals surface area contributed by atoms with Gasteiger partial charge in [-0.2, -0.15) is 4.31 Å². The molecule has 7 nitrogen and oxygen atoms in total. The Morgan fingerprint density at radius 1 is 0.909 bits per heavy atom. The Kier molecular flexibility index (Phi) is 5.86. The molecule has 1 amide bonds. The van der Waals surface area contributed by atoms with Gasteiger partial charge < -0.3 is 10.2 Å². The lowest BCUT2D eigenvalue weighted by Crippen LogP contribution is -2.35. The molecule has 0 saturated carbocycles. The third-order valence-electron chi connectivity index (χ3n) is 6.21. The van der Waals surface area contributed by atoms with E-state index in [1.807, 2.05) is 30.3 Å². The van der Waals surface area contributed by atoms with Crippen molar-refractivity contribution in [2.75, 3.05) is 18.4 Å². The van der Waals surface area contributed by atoms with Crippen LogP contribution in [0.15, 0.2) is 77.8 Å². The second-order valence-corrected chi connectivity index (χ2v) is 10.3. The van der Waals surface area contributed by atoms with Gasteiger partial charge in [-0.05, 0) is 54.8 Å². The summed E-state index contributed by atoms with van der Waals surface area (Å²) in [4.78, 5) is 19.6. The number of aromatic nitrogens is 1. The van der Waals surface area contributed by atoms with Crippen molar-refractivity contribution >= 4 is 21.6 Å². The van der Waals surface area contributed by atoms with Gasteiger partial charge in [-0.1, -0.05) is 36.8 Å². The summed E-state index contributed by atoms with van der Waals surface area (Å²) in [6, 6.07) is 20.1. The molecule has 33 heavy (non-hydrogen) atoms. The lowest BCUT2D eigenvalue weighted by Gasteiger charge is -2.27. The van der Waals surface area contributed by atoms with Crippen molar-refractivity contribution in [3.8, 4) is 0 Å². The van der Waals surface area contributed by atoms with Crippen molar-refractivity contribution in [1.82, 2.24) is 14.2 Å². The van der Waals surface area contributed by atoms with Gasteiger partial charge in [-0.25, -0.2) is 8.42 Å². The van der Waals surface area contributed by atoms with Crippen LogP contribution in [-0.2, 0) is 16.6 Å². The molecule has 0 unspecified atom stereocenters. The first-order chi connectivity index (χ1) is 16.0.